The van der Waals surface area contributed by atoms with E-state index in [-0.39, 0.29) is 18.9 Å². The molecule has 0 saturated heterocycles. The highest BCUT2D eigenvalue weighted by atomic mass is 32.2. The monoisotopic (exact) mass is 584 g/mol. The number of para-hydroxylation sites is 1. The van der Waals surface area contributed by atoms with Crippen molar-refractivity contribution in [2.75, 3.05) is 20.8 Å². The Morgan fingerprint density at radius 3 is 2.55 bits per heavy atom. The molecule has 1 N–H and O–H groups in total. The molecule has 2 aliphatic heterocycles. The molecule has 0 unspecified atom stereocenters. The minimum absolute atomic E-state index is 0.0996. The van der Waals surface area contributed by atoms with E-state index in [4.69, 9.17) is 19.2 Å². The van der Waals surface area contributed by atoms with Crippen LogP contribution in [0.5, 0.6) is 11.5 Å². The molecule has 1 atom stereocenters. The largest absolute Gasteiger partial charge is 0.493 e. The van der Waals surface area contributed by atoms with Crippen LogP contribution < -0.4 is 14.8 Å². The van der Waals surface area contributed by atoms with Gasteiger partial charge in [0.2, 0.25) is 5.91 Å². The van der Waals surface area contributed by atoms with Gasteiger partial charge in [-0.1, -0.05) is 60.3 Å². The zero-order valence-corrected chi connectivity index (χ0v) is 24.5. The van der Waals surface area contributed by atoms with Crippen molar-refractivity contribution in [2.45, 2.75) is 32.4 Å². The van der Waals surface area contributed by atoms with Crippen LogP contribution in [0.3, 0.4) is 0 Å². The second-order valence-corrected chi connectivity index (χ2v) is 10.5. The Bertz CT molecular complexity index is 1540. The number of fused-ring (bicyclic) bond motifs is 1. The number of rotatable bonds is 11. The molecule has 42 heavy (non-hydrogen) atoms. The average Bonchev–Trinajstić information content (AvgIpc) is 3.41. The summed E-state index contributed by atoms with van der Waals surface area (Å²) in [4.78, 5) is 37.8. The molecule has 0 radical (unpaired) electrons. The number of methoxy groups -OCH3 is 2. The molecular formula is C32H32N4O5S. The molecule has 0 saturated carbocycles. The van der Waals surface area contributed by atoms with Crippen LogP contribution in [0.1, 0.15) is 36.2 Å². The number of hydrogen-bond acceptors (Lipinski definition) is 9. The summed E-state index contributed by atoms with van der Waals surface area (Å²) >= 11 is 1.41. The molecule has 0 fully saturated rings. The minimum atomic E-state index is -0.659. The van der Waals surface area contributed by atoms with Crippen LogP contribution in [-0.2, 0) is 27.4 Å². The summed E-state index contributed by atoms with van der Waals surface area (Å²) in [5.41, 5.74) is 4.09. The van der Waals surface area contributed by atoms with Gasteiger partial charge in [0.25, 0.3) is 0 Å². The van der Waals surface area contributed by atoms with Crippen molar-refractivity contribution < 1.29 is 23.8 Å². The van der Waals surface area contributed by atoms with E-state index >= 15 is 0 Å². The molecule has 2 aliphatic rings. The zero-order valence-electron chi connectivity index (χ0n) is 23.7. The van der Waals surface area contributed by atoms with E-state index in [1.807, 2.05) is 71.0 Å². The Morgan fingerprint density at radius 2 is 1.81 bits per heavy atom. The number of amidine groups is 1. The fourth-order valence-corrected chi connectivity index (χ4v) is 5.92. The fraction of sp³-hybridized carbons (Fsp3) is 0.250. The van der Waals surface area contributed by atoms with Crippen molar-refractivity contribution in [3.05, 3.63) is 112 Å². The fourth-order valence-electron chi connectivity index (χ4n) is 4.96. The minimum Gasteiger partial charge on any atom is -0.493 e. The lowest BCUT2D eigenvalue weighted by Gasteiger charge is -2.37. The van der Waals surface area contributed by atoms with Crippen molar-refractivity contribution in [3.63, 3.8) is 0 Å². The highest BCUT2D eigenvalue weighted by molar-refractivity contribution is 8.16. The van der Waals surface area contributed by atoms with Gasteiger partial charge in [-0.05, 0) is 36.1 Å². The molecule has 1 aromatic heterocycles. The number of ether oxygens (including phenoxy) is 3. The van der Waals surface area contributed by atoms with E-state index in [1.165, 1.54) is 11.8 Å². The highest BCUT2D eigenvalue weighted by Gasteiger charge is 2.42. The molecule has 3 aromatic rings. The topological polar surface area (TPSA) is 102 Å². The Labute approximate surface area is 249 Å². The third-order valence-corrected chi connectivity index (χ3v) is 7.82. The maximum Gasteiger partial charge on any atom is 0.338 e. The van der Waals surface area contributed by atoms with E-state index < -0.39 is 12.0 Å². The summed E-state index contributed by atoms with van der Waals surface area (Å²) in [7, 11) is 3.13. The van der Waals surface area contributed by atoms with Crippen LogP contribution in [-0.4, -0.2) is 47.7 Å². The summed E-state index contributed by atoms with van der Waals surface area (Å²) in [5.74, 6) is 0.377. The van der Waals surface area contributed by atoms with Gasteiger partial charge in [0.1, 0.15) is 6.61 Å². The Hall–Kier alpha value is -4.57. The molecule has 3 heterocycles. The van der Waals surface area contributed by atoms with Gasteiger partial charge in [-0.15, -0.1) is 0 Å². The van der Waals surface area contributed by atoms with Gasteiger partial charge in [-0.25, -0.2) is 9.79 Å². The predicted molar refractivity (Wildman–Crippen MR) is 162 cm³/mol. The molecule has 2 aromatic carbocycles. The summed E-state index contributed by atoms with van der Waals surface area (Å²) < 4.78 is 17.2. The van der Waals surface area contributed by atoms with Gasteiger partial charge in [0, 0.05) is 36.1 Å². The number of nitrogens with one attached hydrogen (secondary N) is 1. The lowest BCUT2D eigenvalue weighted by molar-refractivity contribution is -0.141. The van der Waals surface area contributed by atoms with E-state index in [0.717, 1.165) is 11.3 Å². The van der Waals surface area contributed by atoms with Crippen LogP contribution >= 0.6 is 11.8 Å². The first-order chi connectivity index (χ1) is 20.5. The van der Waals surface area contributed by atoms with E-state index in [2.05, 4.69) is 10.3 Å². The van der Waals surface area contributed by atoms with E-state index in [1.54, 1.807) is 33.4 Å². The number of thioether (sulfide) groups is 1. The van der Waals surface area contributed by atoms with Crippen LogP contribution in [0.4, 0.5) is 0 Å². The summed E-state index contributed by atoms with van der Waals surface area (Å²) in [6.45, 7) is 2.37. The van der Waals surface area contributed by atoms with Crippen molar-refractivity contribution in [3.8, 4) is 11.5 Å². The number of esters is 1. The number of carbonyl (C=O) groups is 2. The molecule has 9 nitrogen and oxygen atoms in total. The Kier molecular flexibility index (Phi) is 9.23. The second kappa shape index (κ2) is 13.4. The maximum absolute atomic E-state index is 13.8. The number of hydrogen-bond donors (Lipinski definition) is 1. The van der Waals surface area contributed by atoms with Crippen LogP contribution in [0.15, 0.2) is 100 Å². The number of allylic oxidation sites excluding steroid dienone is 1. The standard InChI is InChI=1S/C32H32N4O5S/c1-21-28(31(38)41-19-22-10-5-4-6-11-22)29(25-13-9-14-26(39-2)30(25)40-3)36-24(20-42-32(36)35-21)18-27(37)34-17-15-23-12-7-8-16-33-23/h4-14,16,20,29H,15,17-19H2,1-3H3,(H,34,37)/t29-/m0/s1. The van der Waals surface area contributed by atoms with Crippen LogP contribution in [0, 0.1) is 0 Å². The van der Waals surface area contributed by atoms with E-state index in [0.29, 0.717) is 52.2 Å². The number of nitrogens with zero attached hydrogens (tertiary/aromatic N) is 3. The van der Waals surface area contributed by atoms with Crippen molar-refractivity contribution in [2.24, 2.45) is 4.99 Å². The molecule has 1 amide bonds. The Balaban J connectivity index is 1.43. The number of pyridine rings is 1. The predicted octanol–water partition coefficient (Wildman–Crippen LogP) is 5.17. The van der Waals surface area contributed by atoms with Gasteiger partial charge in [0.15, 0.2) is 16.7 Å². The second-order valence-electron chi connectivity index (χ2n) is 9.64. The highest BCUT2D eigenvalue weighted by Crippen LogP contribution is 2.48. The van der Waals surface area contributed by atoms with Crippen molar-refractivity contribution >= 4 is 28.8 Å². The first kappa shape index (κ1) is 28.9. The molecule has 0 spiro atoms. The molecule has 216 valence electrons. The maximum atomic E-state index is 13.8. The van der Waals surface area contributed by atoms with Gasteiger partial charge in [0.05, 0.1) is 38.0 Å². The lowest BCUT2D eigenvalue weighted by atomic mass is 9.92. The summed E-state index contributed by atoms with van der Waals surface area (Å²) in [6.07, 6.45) is 2.46. The third-order valence-electron chi connectivity index (χ3n) is 6.93. The molecular weight excluding hydrogens is 552 g/mol. The number of amides is 1. The van der Waals surface area contributed by atoms with Gasteiger partial charge >= 0.3 is 5.97 Å². The third kappa shape index (κ3) is 6.33. The quantitative estimate of drug-likeness (QED) is 0.308. The molecule has 5 rings (SSSR count). The van der Waals surface area contributed by atoms with Gasteiger partial charge in [-0.3, -0.25) is 9.78 Å². The number of benzene rings is 2. The lowest BCUT2D eigenvalue weighted by Crippen LogP contribution is -2.38. The van der Waals surface area contributed by atoms with E-state index in [9.17, 15) is 9.59 Å². The number of carbonyl (C=O) groups excluding carboxylic acids is 2. The smallest absolute Gasteiger partial charge is 0.338 e. The molecule has 10 heteroatoms. The number of aliphatic imine (C=N–C) groups is 1. The van der Waals surface area contributed by atoms with Crippen molar-refractivity contribution in [1.82, 2.24) is 15.2 Å². The first-order valence-electron chi connectivity index (χ1n) is 13.5. The molecule has 0 bridgehead atoms. The zero-order chi connectivity index (χ0) is 29.5. The van der Waals surface area contributed by atoms with Gasteiger partial charge < -0.3 is 24.4 Å². The van der Waals surface area contributed by atoms with Crippen molar-refractivity contribution in [1.29, 1.82) is 0 Å². The van der Waals surface area contributed by atoms with Gasteiger partial charge in [-0.2, -0.15) is 0 Å². The Morgan fingerprint density at radius 1 is 1.00 bits per heavy atom. The average molecular weight is 585 g/mol. The van der Waals surface area contributed by atoms with Crippen LogP contribution in [0.2, 0.25) is 0 Å². The van der Waals surface area contributed by atoms with Crippen LogP contribution in [0.25, 0.3) is 0 Å². The number of aromatic nitrogens is 1. The normalized spacial score (nSPS) is 15.9. The first-order valence-corrected chi connectivity index (χ1v) is 14.4. The summed E-state index contributed by atoms with van der Waals surface area (Å²) in [5, 5.41) is 5.56. The summed E-state index contributed by atoms with van der Waals surface area (Å²) in [6, 6.07) is 20.1. The SMILES string of the molecule is COc1cccc([C@H]2C(C(=O)OCc3ccccc3)=C(C)N=C3SC=C(CC(=O)NCCc4ccccn4)N32)c1OC. The molecule has 0 aliphatic carbocycles.